The number of halogens is 3. The van der Waals surface area contributed by atoms with Crippen LogP contribution in [0.3, 0.4) is 0 Å². The van der Waals surface area contributed by atoms with Crippen molar-refractivity contribution < 1.29 is 13.2 Å². The lowest BCUT2D eigenvalue weighted by atomic mass is 10.3. The van der Waals surface area contributed by atoms with Crippen LogP contribution >= 0.6 is 0 Å². The third-order valence-corrected chi connectivity index (χ3v) is 3.15. The second kappa shape index (κ2) is 5.42. The average Bonchev–Trinajstić information content (AvgIpc) is 2.90. The van der Waals surface area contributed by atoms with Crippen LogP contribution < -0.4 is 5.32 Å². The molecule has 0 aliphatic heterocycles. The summed E-state index contributed by atoms with van der Waals surface area (Å²) in [6.45, 7) is 6.15. The normalized spacial score (nSPS) is 12.2. The minimum Gasteiger partial charge on any atom is -0.363 e. The Balaban J connectivity index is 2.12. The van der Waals surface area contributed by atoms with E-state index in [2.05, 4.69) is 15.5 Å². The molecule has 0 saturated heterocycles. The van der Waals surface area contributed by atoms with Gasteiger partial charge in [0.15, 0.2) is 11.5 Å². The van der Waals surface area contributed by atoms with Crippen LogP contribution in [0.5, 0.6) is 0 Å². The van der Waals surface area contributed by atoms with Gasteiger partial charge >= 0.3 is 6.18 Å². The first kappa shape index (κ1) is 15.4. The molecule has 2 rings (SSSR count). The van der Waals surface area contributed by atoms with E-state index < -0.39 is 11.9 Å². The molecule has 0 unspecified atom stereocenters. The molecule has 21 heavy (non-hydrogen) atoms. The SMILES string of the molecule is Cc1cn(C(C)C)nc1NCc1cc(C(F)(F)F)nn1C. The molecule has 2 aromatic heterocycles. The van der Waals surface area contributed by atoms with Crippen molar-refractivity contribution in [2.75, 3.05) is 5.32 Å². The summed E-state index contributed by atoms with van der Waals surface area (Å²) in [5.74, 6) is 0.665. The summed E-state index contributed by atoms with van der Waals surface area (Å²) in [4.78, 5) is 0. The van der Waals surface area contributed by atoms with Crippen LogP contribution in [0.15, 0.2) is 12.3 Å². The lowest BCUT2D eigenvalue weighted by Crippen LogP contribution is -2.08. The van der Waals surface area contributed by atoms with Crippen LogP contribution in [-0.2, 0) is 19.8 Å². The maximum absolute atomic E-state index is 12.6. The van der Waals surface area contributed by atoms with Crippen molar-refractivity contribution >= 4 is 5.82 Å². The number of alkyl halides is 3. The van der Waals surface area contributed by atoms with Crippen LogP contribution in [0.4, 0.5) is 19.0 Å². The predicted molar refractivity (Wildman–Crippen MR) is 72.9 cm³/mol. The van der Waals surface area contributed by atoms with Gasteiger partial charge in [-0.15, -0.1) is 0 Å². The highest BCUT2D eigenvalue weighted by atomic mass is 19.4. The molecule has 1 N–H and O–H groups in total. The van der Waals surface area contributed by atoms with E-state index in [4.69, 9.17) is 0 Å². The first-order valence-corrected chi connectivity index (χ1v) is 6.58. The summed E-state index contributed by atoms with van der Waals surface area (Å²) >= 11 is 0. The molecule has 0 amide bonds. The van der Waals surface area contributed by atoms with E-state index >= 15 is 0 Å². The third-order valence-electron chi connectivity index (χ3n) is 3.15. The average molecular weight is 301 g/mol. The number of hydrogen-bond donors (Lipinski definition) is 1. The molecule has 0 saturated carbocycles. The highest BCUT2D eigenvalue weighted by Gasteiger charge is 2.34. The molecule has 2 aromatic rings. The summed E-state index contributed by atoms with van der Waals surface area (Å²) in [6, 6.07) is 1.27. The molecule has 8 heteroatoms. The zero-order valence-corrected chi connectivity index (χ0v) is 12.4. The van der Waals surface area contributed by atoms with E-state index in [1.807, 2.05) is 31.6 Å². The Hall–Kier alpha value is -1.99. The number of aromatic nitrogens is 4. The van der Waals surface area contributed by atoms with Gasteiger partial charge in [0, 0.05) is 24.8 Å². The molecule has 5 nitrogen and oxygen atoms in total. The van der Waals surface area contributed by atoms with Gasteiger partial charge in [0.25, 0.3) is 0 Å². The number of hydrogen-bond acceptors (Lipinski definition) is 3. The fourth-order valence-electron chi connectivity index (χ4n) is 1.91. The van der Waals surface area contributed by atoms with Gasteiger partial charge in [-0.1, -0.05) is 0 Å². The molecule has 0 spiro atoms. The molecule has 0 atom stereocenters. The second-order valence-corrected chi connectivity index (χ2v) is 5.23. The number of anilines is 1. The van der Waals surface area contributed by atoms with Crippen LogP contribution in [0.25, 0.3) is 0 Å². The highest BCUT2D eigenvalue weighted by molar-refractivity contribution is 5.42. The van der Waals surface area contributed by atoms with Crippen LogP contribution in [0.1, 0.15) is 36.8 Å². The Morgan fingerprint density at radius 3 is 2.43 bits per heavy atom. The zero-order valence-electron chi connectivity index (χ0n) is 12.4. The lowest BCUT2D eigenvalue weighted by Gasteiger charge is -2.05. The summed E-state index contributed by atoms with van der Waals surface area (Å²) < 4.78 is 40.8. The van der Waals surface area contributed by atoms with E-state index in [9.17, 15) is 13.2 Å². The Bertz CT molecular complexity index is 624. The quantitative estimate of drug-likeness (QED) is 0.943. The number of nitrogens with zero attached hydrogens (tertiary/aromatic N) is 4. The fraction of sp³-hybridized carbons (Fsp3) is 0.538. The molecule has 0 aliphatic rings. The third kappa shape index (κ3) is 3.37. The highest BCUT2D eigenvalue weighted by Crippen LogP contribution is 2.28. The number of nitrogens with one attached hydrogen (secondary N) is 1. The van der Waals surface area contributed by atoms with Gasteiger partial charge in [-0.2, -0.15) is 23.4 Å². The van der Waals surface area contributed by atoms with Crippen LogP contribution in [0, 0.1) is 6.92 Å². The van der Waals surface area contributed by atoms with Crippen molar-refractivity contribution in [1.82, 2.24) is 19.6 Å². The van der Waals surface area contributed by atoms with Gasteiger partial charge in [0.05, 0.1) is 12.2 Å². The zero-order chi connectivity index (χ0) is 15.8. The monoisotopic (exact) mass is 301 g/mol. The molecular formula is C13H18F3N5. The fourth-order valence-corrected chi connectivity index (χ4v) is 1.91. The van der Waals surface area contributed by atoms with E-state index in [0.29, 0.717) is 11.5 Å². The van der Waals surface area contributed by atoms with Crippen molar-refractivity contribution in [2.45, 2.75) is 39.5 Å². The molecule has 0 fully saturated rings. The first-order valence-electron chi connectivity index (χ1n) is 6.58. The van der Waals surface area contributed by atoms with Crippen molar-refractivity contribution in [3.63, 3.8) is 0 Å². The Morgan fingerprint density at radius 1 is 1.29 bits per heavy atom. The van der Waals surface area contributed by atoms with Crippen molar-refractivity contribution in [2.24, 2.45) is 7.05 Å². The molecule has 2 heterocycles. The van der Waals surface area contributed by atoms with Gasteiger partial charge in [-0.25, -0.2) is 0 Å². The topological polar surface area (TPSA) is 47.7 Å². The Labute approximate surface area is 120 Å². The molecule has 0 radical (unpaired) electrons. The minimum atomic E-state index is -4.43. The van der Waals surface area contributed by atoms with Crippen LogP contribution in [-0.4, -0.2) is 19.6 Å². The Kier molecular flexibility index (Phi) is 3.97. The molecule has 0 aliphatic carbocycles. The van der Waals surface area contributed by atoms with Gasteiger partial charge in [0.2, 0.25) is 0 Å². The van der Waals surface area contributed by atoms with E-state index in [1.165, 1.54) is 11.7 Å². The first-order chi connectivity index (χ1) is 9.68. The minimum absolute atomic E-state index is 0.229. The van der Waals surface area contributed by atoms with Gasteiger partial charge in [0.1, 0.15) is 0 Å². The van der Waals surface area contributed by atoms with Crippen molar-refractivity contribution in [3.05, 3.63) is 29.2 Å². The Morgan fingerprint density at radius 2 is 1.95 bits per heavy atom. The molecule has 0 bridgehead atoms. The number of aryl methyl sites for hydroxylation is 2. The van der Waals surface area contributed by atoms with Crippen molar-refractivity contribution in [1.29, 1.82) is 0 Å². The maximum atomic E-state index is 12.6. The largest absolute Gasteiger partial charge is 0.435 e. The van der Waals surface area contributed by atoms with Crippen molar-refractivity contribution in [3.8, 4) is 0 Å². The predicted octanol–water partition coefficient (Wildman–Crippen LogP) is 3.14. The second-order valence-electron chi connectivity index (χ2n) is 5.23. The van der Waals surface area contributed by atoms with E-state index in [0.717, 1.165) is 11.6 Å². The molecule has 116 valence electrons. The summed E-state index contributed by atoms with van der Waals surface area (Å²) in [5.41, 5.74) is 0.508. The van der Waals surface area contributed by atoms with Gasteiger partial charge < -0.3 is 5.32 Å². The van der Waals surface area contributed by atoms with Gasteiger partial charge in [-0.05, 0) is 26.8 Å². The van der Waals surface area contributed by atoms with E-state index in [1.54, 1.807) is 0 Å². The lowest BCUT2D eigenvalue weighted by molar-refractivity contribution is -0.141. The smallest absolute Gasteiger partial charge is 0.363 e. The maximum Gasteiger partial charge on any atom is 0.435 e. The molecule has 0 aromatic carbocycles. The molecular weight excluding hydrogens is 283 g/mol. The van der Waals surface area contributed by atoms with Crippen LogP contribution in [0.2, 0.25) is 0 Å². The summed E-state index contributed by atoms with van der Waals surface area (Å²) in [7, 11) is 1.49. The summed E-state index contributed by atoms with van der Waals surface area (Å²) in [5, 5.41) is 10.9. The summed E-state index contributed by atoms with van der Waals surface area (Å²) in [6.07, 6.45) is -2.53. The van der Waals surface area contributed by atoms with Gasteiger partial charge in [-0.3, -0.25) is 9.36 Å². The van der Waals surface area contributed by atoms with E-state index in [-0.39, 0.29) is 12.6 Å². The standard InChI is InChI=1S/C13H18F3N5/c1-8(2)21-7-9(3)12(19-21)17-6-10-5-11(13(14,15)16)18-20(10)4/h5,7-8H,6H2,1-4H3,(H,17,19). The number of rotatable bonds is 4.